The summed E-state index contributed by atoms with van der Waals surface area (Å²) in [5, 5.41) is 4.66. The zero-order valence-corrected chi connectivity index (χ0v) is 27.0. The summed E-state index contributed by atoms with van der Waals surface area (Å²) in [4.78, 5) is 40.4. The summed E-state index contributed by atoms with van der Waals surface area (Å²) < 4.78 is 242. The van der Waals surface area contributed by atoms with E-state index in [4.69, 9.17) is 0 Å². The minimum atomic E-state index is -5.51. The summed E-state index contributed by atoms with van der Waals surface area (Å²) >= 11 is 0. The van der Waals surface area contributed by atoms with Gasteiger partial charge >= 0.3 is 37.1 Å². The number of anilines is 3. The first-order chi connectivity index (χ1) is 25.7. The predicted molar refractivity (Wildman–Crippen MR) is 160 cm³/mol. The first-order valence-electron chi connectivity index (χ1n) is 14.7. The molecule has 0 heterocycles. The van der Waals surface area contributed by atoms with E-state index in [1.165, 1.54) is 5.32 Å². The number of carbonyl (C=O) groups excluding carboxylic acids is 3. The van der Waals surface area contributed by atoms with E-state index < -0.39 is 122 Å². The molecule has 0 saturated carbocycles. The quantitative estimate of drug-likeness (QED) is 0.169. The number of alkyl halides is 18. The topological polar surface area (TPSA) is 87.3 Å². The lowest BCUT2D eigenvalue weighted by molar-refractivity contribution is -0.144. The maximum atomic E-state index is 13.6. The number of nitrogens with one attached hydrogen (secondary N) is 3. The molecule has 3 N–H and O–H groups in total. The molecular formula is C33H15F18N3O3. The van der Waals surface area contributed by atoms with Crippen LogP contribution in [0.3, 0.4) is 0 Å². The van der Waals surface area contributed by atoms with Gasteiger partial charge in [0.05, 0.1) is 50.1 Å². The van der Waals surface area contributed by atoms with Crippen molar-refractivity contribution in [2.75, 3.05) is 16.0 Å². The Kier molecular flexibility index (Phi) is 11.4. The van der Waals surface area contributed by atoms with Crippen molar-refractivity contribution in [3.05, 3.63) is 123 Å². The molecule has 0 saturated heterocycles. The van der Waals surface area contributed by atoms with E-state index in [9.17, 15) is 93.4 Å². The average molecular weight is 843 g/mol. The molecule has 0 atom stereocenters. The van der Waals surface area contributed by atoms with Crippen molar-refractivity contribution in [1.29, 1.82) is 0 Å². The van der Waals surface area contributed by atoms with Gasteiger partial charge in [-0.05, 0) is 66.7 Å². The largest absolute Gasteiger partial charge is 0.416 e. The Hall–Kier alpha value is -5.97. The van der Waals surface area contributed by atoms with E-state index in [2.05, 4.69) is 0 Å². The van der Waals surface area contributed by atoms with Crippen LogP contribution in [0.15, 0.2) is 72.8 Å². The van der Waals surface area contributed by atoms with E-state index in [0.717, 1.165) is 0 Å². The lowest BCUT2D eigenvalue weighted by Crippen LogP contribution is -2.26. The van der Waals surface area contributed by atoms with Crippen LogP contribution in [0, 0.1) is 0 Å². The highest BCUT2D eigenvalue weighted by Gasteiger charge is 2.40. The Balaban J connectivity index is 1.91. The van der Waals surface area contributed by atoms with E-state index in [1.54, 1.807) is 10.6 Å². The van der Waals surface area contributed by atoms with Gasteiger partial charge in [-0.1, -0.05) is 6.07 Å². The van der Waals surface area contributed by atoms with Crippen molar-refractivity contribution in [2.24, 2.45) is 0 Å². The van der Waals surface area contributed by atoms with Gasteiger partial charge in [-0.15, -0.1) is 0 Å². The van der Waals surface area contributed by atoms with E-state index in [1.807, 2.05) is 0 Å². The Morgan fingerprint density at radius 1 is 0.333 bits per heavy atom. The third-order valence-electron chi connectivity index (χ3n) is 7.32. The van der Waals surface area contributed by atoms with Crippen molar-refractivity contribution in [1.82, 2.24) is 0 Å². The smallest absolute Gasteiger partial charge is 0.322 e. The van der Waals surface area contributed by atoms with Crippen LogP contribution < -0.4 is 16.0 Å². The van der Waals surface area contributed by atoms with Crippen molar-refractivity contribution >= 4 is 34.8 Å². The van der Waals surface area contributed by atoms with Crippen LogP contribution >= 0.6 is 0 Å². The fourth-order valence-electron chi connectivity index (χ4n) is 4.85. The number of hydrogen-bond donors (Lipinski definition) is 3. The lowest BCUT2D eigenvalue weighted by atomic mass is 9.97. The van der Waals surface area contributed by atoms with Crippen molar-refractivity contribution in [3.8, 4) is 0 Å². The molecule has 57 heavy (non-hydrogen) atoms. The molecule has 0 aliphatic rings. The van der Waals surface area contributed by atoms with Crippen LogP contribution in [0.1, 0.15) is 64.5 Å². The summed E-state index contributed by atoms with van der Waals surface area (Å²) in [7, 11) is 0. The van der Waals surface area contributed by atoms with Crippen molar-refractivity contribution < 1.29 is 93.4 Å². The fraction of sp³-hybridized carbons (Fsp3) is 0.182. The molecule has 306 valence electrons. The number of amides is 3. The molecule has 4 rings (SSSR count). The first kappa shape index (κ1) is 43.8. The van der Waals surface area contributed by atoms with Gasteiger partial charge < -0.3 is 16.0 Å². The maximum absolute atomic E-state index is 13.6. The van der Waals surface area contributed by atoms with Gasteiger partial charge in [0.1, 0.15) is 0 Å². The molecule has 24 heteroatoms. The molecule has 3 amide bonds. The second kappa shape index (κ2) is 14.8. The summed E-state index contributed by atoms with van der Waals surface area (Å²) in [5.74, 6) is -5.75. The number of benzene rings is 4. The van der Waals surface area contributed by atoms with Gasteiger partial charge in [-0.2, -0.15) is 79.0 Å². The Bertz CT molecular complexity index is 2010. The molecule has 0 bridgehead atoms. The highest BCUT2D eigenvalue weighted by atomic mass is 19.4. The van der Waals surface area contributed by atoms with E-state index in [0.29, 0.717) is 18.2 Å². The minimum absolute atomic E-state index is 0.0311. The molecule has 0 aromatic heterocycles. The molecule has 6 nitrogen and oxygen atoms in total. The van der Waals surface area contributed by atoms with Gasteiger partial charge in [0.25, 0.3) is 17.7 Å². The molecular weight excluding hydrogens is 828 g/mol. The number of rotatable bonds is 6. The number of halogens is 18. The van der Waals surface area contributed by atoms with Gasteiger partial charge in [0.15, 0.2) is 0 Å². The third kappa shape index (κ3) is 10.7. The summed E-state index contributed by atoms with van der Waals surface area (Å²) in [5.41, 5.74) is -19.9. The van der Waals surface area contributed by atoms with Crippen LogP contribution in [0.25, 0.3) is 0 Å². The maximum Gasteiger partial charge on any atom is 0.416 e. The normalized spacial score (nSPS) is 12.9. The highest BCUT2D eigenvalue weighted by molar-refractivity contribution is 6.21. The Labute approximate surface area is 304 Å². The van der Waals surface area contributed by atoms with Crippen LogP contribution in [-0.4, -0.2) is 17.7 Å². The summed E-state index contributed by atoms with van der Waals surface area (Å²) in [6, 6.07) is 0.301. The fourth-order valence-corrected chi connectivity index (χ4v) is 4.85. The van der Waals surface area contributed by atoms with Crippen LogP contribution in [0.4, 0.5) is 96.1 Å². The van der Waals surface area contributed by atoms with Gasteiger partial charge in [-0.25, -0.2) is 0 Å². The molecule has 0 radical (unpaired) electrons. The average Bonchev–Trinajstić information content (AvgIpc) is 3.05. The third-order valence-corrected chi connectivity index (χ3v) is 7.32. The highest BCUT2D eigenvalue weighted by Crippen LogP contribution is 2.41. The monoisotopic (exact) mass is 843 g/mol. The lowest BCUT2D eigenvalue weighted by Gasteiger charge is -2.18. The first-order valence-corrected chi connectivity index (χ1v) is 14.7. The molecule has 0 unspecified atom stereocenters. The Morgan fingerprint density at radius 2 is 0.544 bits per heavy atom. The number of carbonyl (C=O) groups is 3. The minimum Gasteiger partial charge on any atom is -0.322 e. The van der Waals surface area contributed by atoms with E-state index in [-0.39, 0.29) is 54.6 Å². The molecule has 0 fully saturated rings. The molecule has 0 spiro atoms. The summed E-state index contributed by atoms with van der Waals surface area (Å²) in [6.45, 7) is 0. The Morgan fingerprint density at radius 3 is 0.754 bits per heavy atom. The predicted octanol–water partition coefficient (Wildman–Crippen LogP) is 11.6. The SMILES string of the molecule is O=C(Nc1cc(C(F)(F)F)cc(C(F)(F)F)c1)c1cccc(C(=O)Nc2cc(C(F)(F)F)cc(C(F)(F)F)c2)c1C(=O)Nc1cc(C(F)(F)F)cc(C(F)(F)F)c1. The summed E-state index contributed by atoms with van der Waals surface area (Å²) in [6.07, 6.45) is -32.9. The van der Waals surface area contributed by atoms with Crippen LogP contribution in [0.5, 0.6) is 0 Å². The van der Waals surface area contributed by atoms with Crippen LogP contribution in [0.2, 0.25) is 0 Å². The van der Waals surface area contributed by atoms with Gasteiger partial charge in [0, 0.05) is 17.1 Å². The molecule has 4 aromatic rings. The zero-order valence-electron chi connectivity index (χ0n) is 27.0. The van der Waals surface area contributed by atoms with Gasteiger partial charge in [-0.3, -0.25) is 14.4 Å². The van der Waals surface area contributed by atoms with Gasteiger partial charge in [0.2, 0.25) is 0 Å². The van der Waals surface area contributed by atoms with Crippen LogP contribution in [-0.2, 0) is 37.1 Å². The molecule has 0 aliphatic carbocycles. The van der Waals surface area contributed by atoms with Crippen molar-refractivity contribution in [2.45, 2.75) is 37.1 Å². The standard InChI is InChI=1S/C33H15F18N3O3/c34-28(35,36)13-4-14(29(37,38)39)8-19(7-13)52-25(55)22-2-1-3-23(26(56)53-20-9-15(30(40,41)42)5-16(10-20)31(43,44)45)24(22)27(57)54-21-11-17(32(46,47)48)6-18(12-21)33(49,50)51/h1-12H,(H,52,55)(H,53,56)(H,54,57). The van der Waals surface area contributed by atoms with Crippen molar-refractivity contribution in [3.63, 3.8) is 0 Å². The van der Waals surface area contributed by atoms with E-state index >= 15 is 0 Å². The molecule has 4 aromatic carbocycles. The zero-order chi connectivity index (χ0) is 43.3. The molecule has 0 aliphatic heterocycles. The second-order valence-electron chi connectivity index (χ2n) is 11.5. The number of hydrogen-bond acceptors (Lipinski definition) is 3. The second-order valence-corrected chi connectivity index (χ2v) is 11.5.